The predicted octanol–water partition coefficient (Wildman–Crippen LogP) is 11.7. The van der Waals surface area contributed by atoms with E-state index < -0.39 is 0 Å². The lowest BCUT2D eigenvalue weighted by Gasteiger charge is -2.27. The van der Waals surface area contributed by atoms with Gasteiger partial charge in [0.25, 0.3) is 0 Å². The Labute approximate surface area is 255 Å². The van der Waals surface area contributed by atoms with E-state index in [0.717, 1.165) is 39.6 Å². The summed E-state index contributed by atoms with van der Waals surface area (Å²) in [7, 11) is 0. The Morgan fingerprint density at radius 3 is 1.33 bits per heavy atom. The topological polar surface area (TPSA) is 6.48 Å². The Hall–Kier alpha value is -5.34. The molecule has 0 radical (unpaired) electrons. The normalized spacial score (nSPS) is 11.0. The first kappa shape index (κ1) is 27.8. The van der Waals surface area contributed by atoms with Crippen molar-refractivity contribution in [3.8, 4) is 0 Å². The lowest BCUT2D eigenvalue weighted by molar-refractivity contribution is 1.25. The van der Waals surface area contributed by atoms with Gasteiger partial charge in [0, 0.05) is 34.1 Å². The van der Waals surface area contributed by atoms with E-state index in [0.29, 0.717) is 0 Å². The third-order valence-electron chi connectivity index (χ3n) is 7.66. The highest BCUT2D eigenvalue weighted by atomic mass is 15.1. The number of hydrogen-bond donors (Lipinski definition) is 0. The molecule has 0 spiro atoms. The molecule has 0 heterocycles. The maximum atomic E-state index is 2.32. The highest BCUT2D eigenvalue weighted by molar-refractivity contribution is 5.81. The van der Waals surface area contributed by atoms with Gasteiger partial charge < -0.3 is 9.80 Å². The van der Waals surface area contributed by atoms with Gasteiger partial charge in [-0.05, 0) is 115 Å². The first-order valence-corrected chi connectivity index (χ1v) is 14.8. The Morgan fingerprint density at radius 2 is 0.814 bits per heavy atom. The van der Waals surface area contributed by atoms with Gasteiger partial charge in [0.2, 0.25) is 0 Å². The average Bonchev–Trinajstić information content (AvgIpc) is 3.03. The van der Waals surface area contributed by atoms with Crippen molar-refractivity contribution in [1.82, 2.24) is 0 Å². The molecule has 0 N–H and O–H groups in total. The standard InChI is InChI=1S/C41H36N2/c1-31-11-9-16-39(29-31)42(40-17-10-12-32(2)30-40)37-25-21-34(22-26-37)19-20-35-23-27-38(28-24-35)43(36-14-5-4-6-15-36)41-18-8-7-13-33(41)3/h4-30H,1-3H3. The van der Waals surface area contributed by atoms with Gasteiger partial charge in [-0.25, -0.2) is 0 Å². The molecule has 6 rings (SSSR count). The van der Waals surface area contributed by atoms with Crippen LogP contribution in [0.15, 0.2) is 152 Å². The molecule has 0 saturated carbocycles. The Bertz CT molecular complexity index is 1790. The van der Waals surface area contributed by atoms with Crippen LogP contribution in [0.5, 0.6) is 0 Å². The van der Waals surface area contributed by atoms with Gasteiger partial charge in [-0.15, -0.1) is 0 Å². The summed E-state index contributed by atoms with van der Waals surface area (Å²) < 4.78 is 0. The van der Waals surface area contributed by atoms with Gasteiger partial charge in [0.05, 0.1) is 0 Å². The number of rotatable bonds is 8. The lowest BCUT2D eigenvalue weighted by atomic mass is 10.1. The van der Waals surface area contributed by atoms with Crippen LogP contribution in [0.3, 0.4) is 0 Å². The van der Waals surface area contributed by atoms with Crippen molar-refractivity contribution >= 4 is 46.3 Å². The third kappa shape index (κ3) is 6.45. The van der Waals surface area contributed by atoms with Gasteiger partial charge in [-0.3, -0.25) is 0 Å². The summed E-state index contributed by atoms with van der Waals surface area (Å²) in [4.78, 5) is 4.63. The van der Waals surface area contributed by atoms with E-state index in [1.165, 1.54) is 22.4 Å². The number of benzene rings is 6. The minimum absolute atomic E-state index is 1.13. The molecule has 0 aliphatic rings. The molecule has 6 aromatic carbocycles. The number of aryl methyl sites for hydroxylation is 3. The maximum absolute atomic E-state index is 2.32. The number of nitrogens with zero attached hydrogens (tertiary/aromatic N) is 2. The van der Waals surface area contributed by atoms with Crippen LogP contribution >= 0.6 is 0 Å². The van der Waals surface area contributed by atoms with Gasteiger partial charge in [0.15, 0.2) is 0 Å². The molecule has 43 heavy (non-hydrogen) atoms. The first-order chi connectivity index (χ1) is 21.0. The van der Waals surface area contributed by atoms with Gasteiger partial charge in [0.1, 0.15) is 0 Å². The largest absolute Gasteiger partial charge is 0.310 e. The predicted molar refractivity (Wildman–Crippen MR) is 185 cm³/mol. The van der Waals surface area contributed by atoms with Crippen molar-refractivity contribution in [3.63, 3.8) is 0 Å². The van der Waals surface area contributed by atoms with Gasteiger partial charge in [-0.1, -0.05) is 97.1 Å². The van der Waals surface area contributed by atoms with Crippen molar-refractivity contribution in [2.45, 2.75) is 20.8 Å². The molecule has 2 heteroatoms. The minimum Gasteiger partial charge on any atom is -0.310 e. The molecule has 0 aliphatic carbocycles. The summed E-state index contributed by atoms with van der Waals surface area (Å²) in [5, 5.41) is 0. The fraction of sp³-hybridized carbons (Fsp3) is 0.0732. The van der Waals surface area contributed by atoms with Crippen LogP contribution in [-0.4, -0.2) is 0 Å². The second kappa shape index (κ2) is 12.7. The van der Waals surface area contributed by atoms with Crippen molar-refractivity contribution < 1.29 is 0 Å². The molecule has 0 aliphatic heterocycles. The molecule has 0 aromatic heterocycles. The highest BCUT2D eigenvalue weighted by Crippen LogP contribution is 2.37. The smallest absolute Gasteiger partial charge is 0.0490 e. The average molecular weight is 557 g/mol. The van der Waals surface area contributed by atoms with Gasteiger partial charge >= 0.3 is 0 Å². The number of para-hydroxylation sites is 2. The van der Waals surface area contributed by atoms with E-state index >= 15 is 0 Å². The third-order valence-corrected chi connectivity index (χ3v) is 7.66. The Morgan fingerprint density at radius 1 is 0.372 bits per heavy atom. The molecule has 0 bridgehead atoms. The SMILES string of the molecule is Cc1cccc(N(c2ccc(C=Cc3ccc(N(c4ccccc4)c4ccccc4C)cc3)cc2)c2cccc(C)c2)c1. The summed E-state index contributed by atoms with van der Waals surface area (Å²) >= 11 is 0. The van der Waals surface area contributed by atoms with E-state index in [-0.39, 0.29) is 0 Å². The van der Waals surface area contributed by atoms with Crippen molar-refractivity contribution in [2.24, 2.45) is 0 Å². The van der Waals surface area contributed by atoms with Crippen molar-refractivity contribution in [1.29, 1.82) is 0 Å². The molecule has 2 nitrogen and oxygen atoms in total. The molecular weight excluding hydrogens is 520 g/mol. The van der Waals surface area contributed by atoms with Crippen LogP contribution in [0.4, 0.5) is 34.1 Å². The van der Waals surface area contributed by atoms with E-state index in [9.17, 15) is 0 Å². The number of hydrogen-bond acceptors (Lipinski definition) is 2. The highest BCUT2D eigenvalue weighted by Gasteiger charge is 2.14. The summed E-state index contributed by atoms with van der Waals surface area (Å²) in [5.74, 6) is 0. The second-order valence-electron chi connectivity index (χ2n) is 11.0. The summed E-state index contributed by atoms with van der Waals surface area (Å²) in [6.45, 7) is 6.44. The van der Waals surface area contributed by atoms with Crippen LogP contribution < -0.4 is 9.80 Å². The lowest BCUT2D eigenvalue weighted by Crippen LogP contribution is -2.11. The van der Waals surface area contributed by atoms with Crippen molar-refractivity contribution in [3.05, 3.63) is 179 Å². The summed E-state index contributed by atoms with van der Waals surface area (Å²) in [6, 6.07) is 54.0. The minimum atomic E-state index is 1.13. The molecular formula is C41H36N2. The van der Waals surface area contributed by atoms with E-state index in [4.69, 9.17) is 0 Å². The molecule has 0 fully saturated rings. The van der Waals surface area contributed by atoms with Gasteiger partial charge in [-0.2, -0.15) is 0 Å². The van der Waals surface area contributed by atoms with Crippen LogP contribution in [0, 0.1) is 20.8 Å². The van der Waals surface area contributed by atoms with Crippen LogP contribution in [-0.2, 0) is 0 Å². The van der Waals surface area contributed by atoms with E-state index in [2.05, 4.69) is 194 Å². The second-order valence-corrected chi connectivity index (χ2v) is 11.0. The fourth-order valence-electron chi connectivity index (χ4n) is 5.46. The molecule has 0 atom stereocenters. The van der Waals surface area contributed by atoms with E-state index in [1.807, 2.05) is 0 Å². The quantitative estimate of drug-likeness (QED) is 0.172. The summed E-state index contributed by atoms with van der Waals surface area (Å²) in [6.07, 6.45) is 4.36. The van der Waals surface area contributed by atoms with Crippen LogP contribution in [0.25, 0.3) is 12.2 Å². The zero-order chi connectivity index (χ0) is 29.6. The first-order valence-electron chi connectivity index (χ1n) is 14.8. The Kier molecular flexibility index (Phi) is 8.19. The monoisotopic (exact) mass is 556 g/mol. The number of anilines is 6. The zero-order valence-corrected chi connectivity index (χ0v) is 25.0. The van der Waals surface area contributed by atoms with Crippen LogP contribution in [0.2, 0.25) is 0 Å². The van der Waals surface area contributed by atoms with E-state index in [1.54, 1.807) is 0 Å². The summed E-state index contributed by atoms with van der Waals surface area (Å²) in [5.41, 5.74) is 12.9. The molecule has 0 saturated heterocycles. The molecule has 0 unspecified atom stereocenters. The molecule has 6 aromatic rings. The fourth-order valence-corrected chi connectivity index (χ4v) is 5.46. The molecule has 210 valence electrons. The zero-order valence-electron chi connectivity index (χ0n) is 25.0. The Balaban J connectivity index is 1.25. The maximum Gasteiger partial charge on any atom is 0.0490 e. The van der Waals surface area contributed by atoms with Crippen LogP contribution in [0.1, 0.15) is 27.8 Å². The molecule has 0 amide bonds. The van der Waals surface area contributed by atoms with Crippen molar-refractivity contribution in [2.75, 3.05) is 9.80 Å².